The lowest BCUT2D eigenvalue weighted by Gasteiger charge is -2.06. The predicted molar refractivity (Wildman–Crippen MR) is 89.9 cm³/mol. The van der Waals surface area contributed by atoms with Crippen molar-refractivity contribution in [3.8, 4) is 11.5 Å². The SMILES string of the molecule is COc1cc(/C=C/C(=O)Nc2c(C)nn(C)c2C)cc(OC)c1. The van der Waals surface area contributed by atoms with Gasteiger partial charge in [-0.2, -0.15) is 5.10 Å². The third-order valence-corrected chi connectivity index (χ3v) is 3.56. The van der Waals surface area contributed by atoms with Gasteiger partial charge in [-0.25, -0.2) is 0 Å². The predicted octanol–water partition coefficient (Wildman–Crippen LogP) is 2.71. The maximum atomic E-state index is 12.1. The molecule has 0 unspecified atom stereocenters. The van der Waals surface area contributed by atoms with Crippen LogP contribution in [0.4, 0.5) is 5.69 Å². The van der Waals surface area contributed by atoms with E-state index in [1.807, 2.05) is 33.0 Å². The Kier molecular flexibility index (Phi) is 5.05. The zero-order chi connectivity index (χ0) is 17.0. The van der Waals surface area contributed by atoms with E-state index in [-0.39, 0.29) is 5.91 Å². The minimum absolute atomic E-state index is 0.217. The second kappa shape index (κ2) is 7.00. The van der Waals surface area contributed by atoms with Crippen LogP contribution in [0.2, 0.25) is 0 Å². The Labute approximate surface area is 135 Å². The minimum Gasteiger partial charge on any atom is -0.497 e. The highest BCUT2D eigenvalue weighted by atomic mass is 16.5. The molecule has 0 aliphatic heterocycles. The number of methoxy groups -OCH3 is 2. The Morgan fingerprint density at radius 3 is 2.26 bits per heavy atom. The molecule has 23 heavy (non-hydrogen) atoms. The summed E-state index contributed by atoms with van der Waals surface area (Å²) in [5.74, 6) is 1.12. The number of nitrogens with one attached hydrogen (secondary N) is 1. The number of ether oxygens (including phenoxy) is 2. The van der Waals surface area contributed by atoms with E-state index in [2.05, 4.69) is 10.4 Å². The Balaban J connectivity index is 2.15. The van der Waals surface area contributed by atoms with Crippen LogP contribution in [-0.2, 0) is 11.8 Å². The lowest BCUT2D eigenvalue weighted by molar-refractivity contribution is -0.111. The van der Waals surface area contributed by atoms with Gasteiger partial charge in [0.15, 0.2) is 0 Å². The Bertz CT molecular complexity index is 726. The number of amides is 1. The second-order valence-corrected chi connectivity index (χ2v) is 5.14. The summed E-state index contributed by atoms with van der Waals surface area (Å²) in [4.78, 5) is 12.1. The van der Waals surface area contributed by atoms with E-state index < -0.39 is 0 Å². The van der Waals surface area contributed by atoms with E-state index in [1.165, 1.54) is 6.08 Å². The van der Waals surface area contributed by atoms with Gasteiger partial charge in [0.05, 0.1) is 31.3 Å². The number of hydrogen-bond donors (Lipinski definition) is 1. The molecule has 1 aromatic heterocycles. The van der Waals surface area contributed by atoms with E-state index in [9.17, 15) is 4.79 Å². The van der Waals surface area contributed by atoms with E-state index >= 15 is 0 Å². The van der Waals surface area contributed by atoms with Crippen LogP contribution in [0.25, 0.3) is 6.08 Å². The molecule has 0 fully saturated rings. The first-order valence-electron chi connectivity index (χ1n) is 7.17. The van der Waals surface area contributed by atoms with Crippen molar-refractivity contribution in [2.75, 3.05) is 19.5 Å². The Morgan fingerprint density at radius 1 is 1.17 bits per heavy atom. The molecule has 0 saturated carbocycles. The van der Waals surface area contributed by atoms with E-state index in [1.54, 1.807) is 31.0 Å². The van der Waals surface area contributed by atoms with Gasteiger partial charge in [-0.15, -0.1) is 0 Å². The summed E-state index contributed by atoms with van der Waals surface area (Å²) in [6, 6.07) is 5.43. The smallest absolute Gasteiger partial charge is 0.248 e. The first-order valence-corrected chi connectivity index (χ1v) is 7.17. The first kappa shape index (κ1) is 16.6. The number of carbonyl (C=O) groups is 1. The van der Waals surface area contributed by atoms with Gasteiger partial charge in [-0.05, 0) is 37.6 Å². The van der Waals surface area contributed by atoms with Crippen molar-refractivity contribution in [3.63, 3.8) is 0 Å². The van der Waals surface area contributed by atoms with E-state index in [0.29, 0.717) is 11.5 Å². The third kappa shape index (κ3) is 3.91. The average Bonchev–Trinajstić information content (AvgIpc) is 2.78. The van der Waals surface area contributed by atoms with Gasteiger partial charge >= 0.3 is 0 Å². The molecule has 2 rings (SSSR count). The van der Waals surface area contributed by atoms with Crippen LogP contribution in [0.15, 0.2) is 24.3 Å². The molecule has 6 nitrogen and oxygen atoms in total. The summed E-state index contributed by atoms with van der Waals surface area (Å²) in [5, 5.41) is 7.13. The highest BCUT2D eigenvalue weighted by Crippen LogP contribution is 2.23. The number of aromatic nitrogens is 2. The lowest BCUT2D eigenvalue weighted by atomic mass is 10.2. The first-order chi connectivity index (χ1) is 10.9. The maximum Gasteiger partial charge on any atom is 0.248 e. The monoisotopic (exact) mass is 315 g/mol. The van der Waals surface area contributed by atoms with Gasteiger partial charge in [-0.3, -0.25) is 9.48 Å². The summed E-state index contributed by atoms with van der Waals surface area (Å²) in [5.41, 5.74) is 3.25. The molecular weight excluding hydrogens is 294 g/mol. The van der Waals surface area contributed by atoms with Gasteiger partial charge in [0, 0.05) is 19.2 Å². The zero-order valence-electron chi connectivity index (χ0n) is 14.0. The Hall–Kier alpha value is -2.76. The van der Waals surface area contributed by atoms with Crippen molar-refractivity contribution < 1.29 is 14.3 Å². The standard InChI is InChI=1S/C17H21N3O3/c1-11-17(12(2)20(3)19-11)18-16(21)7-6-13-8-14(22-4)10-15(9-13)23-5/h6-10H,1-5H3,(H,18,21)/b7-6+. The van der Waals surface area contributed by atoms with Crippen LogP contribution in [0.1, 0.15) is 17.0 Å². The highest BCUT2D eigenvalue weighted by molar-refractivity contribution is 6.02. The summed E-state index contributed by atoms with van der Waals surface area (Å²) in [7, 11) is 5.02. The molecule has 0 aliphatic rings. The maximum absolute atomic E-state index is 12.1. The van der Waals surface area contributed by atoms with Crippen molar-refractivity contribution in [2.24, 2.45) is 7.05 Å². The van der Waals surface area contributed by atoms with Gasteiger partial charge in [0.1, 0.15) is 11.5 Å². The number of anilines is 1. The number of benzene rings is 1. The number of carbonyl (C=O) groups excluding carboxylic acids is 1. The van der Waals surface area contributed by atoms with Crippen LogP contribution in [0, 0.1) is 13.8 Å². The molecule has 1 amide bonds. The molecule has 122 valence electrons. The fourth-order valence-corrected chi connectivity index (χ4v) is 2.22. The largest absolute Gasteiger partial charge is 0.497 e. The fourth-order valence-electron chi connectivity index (χ4n) is 2.22. The molecule has 0 aliphatic carbocycles. The molecule has 1 N–H and O–H groups in total. The van der Waals surface area contributed by atoms with Crippen LogP contribution in [-0.4, -0.2) is 29.9 Å². The lowest BCUT2D eigenvalue weighted by Crippen LogP contribution is -2.09. The number of rotatable bonds is 5. The summed E-state index contributed by atoms with van der Waals surface area (Å²) in [6.45, 7) is 3.77. The van der Waals surface area contributed by atoms with Crippen molar-refractivity contribution >= 4 is 17.7 Å². The Morgan fingerprint density at radius 2 is 1.78 bits per heavy atom. The molecular formula is C17H21N3O3. The van der Waals surface area contributed by atoms with Crippen LogP contribution < -0.4 is 14.8 Å². The molecule has 0 atom stereocenters. The molecule has 2 aromatic rings. The van der Waals surface area contributed by atoms with Crippen molar-refractivity contribution in [2.45, 2.75) is 13.8 Å². The van der Waals surface area contributed by atoms with Crippen LogP contribution in [0.5, 0.6) is 11.5 Å². The molecule has 0 saturated heterocycles. The molecule has 1 aromatic carbocycles. The molecule has 0 spiro atoms. The average molecular weight is 315 g/mol. The van der Waals surface area contributed by atoms with Gasteiger partial charge in [0.25, 0.3) is 0 Å². The molecule has 6 heteroatoms. The van der Waals surface area contributed by atoms with E-state index in [0.717, 1.165) is 22.6 Å². The molecule has 0 radical (unpaired) electrons. The van der Waals surface area contributed by atoms with Crippen LogP contribution >= 0.6 is 0 Å². The summed E-state index contributed by atoms with van der Waals surface area (Å²) >= 11 is 0. The van der Waals surface area contributed by atoms with E-state index in [4.69, 9.17) is 9.47 Å². The summed E-state index contributed by atoms with van der Waals surface area (Å²) in [6.07, 6.45) is 3.18. The van der Waals surface area contributed by atoms with Crippen LogP contribution in [0.3, 0.4) is 0 Å². The number of nitrogens with zero attached hydrogens (tertiary/aromatic N) is 2. The summed E-state index contributed by atoms with van der Waals surface area (Å²) < 4.78 is 12.2. The quantitative estimate of drug-likeness (QED) is 0.862. The van der Waals surface area contributed by atoms with Gasteiger partial charge in [-0.1, -0.05) is 0 Å². The fraction of sp³-hybridized carbons (Fsp3) is 0.294. The molecule has 0 bridgehead atoms. The second-order valence-electron chi connectivity index (χ2n) is 5.14. The van der Waals surface area contributed by atoms with Crippen molar-refractivity contribution in [1.82, 2.24) is 9.78 Å². The topological polar surface area (TPSA) is 65.4 Å². The van der Waals surface area contributed by atoms with Crippen molar-refractivity contribution in [1.29, 1.82) is 0 Å². The normalized spacial score (nSPS) is 10.8. The number of hydrogen-bond acceptors (Lipinski definition) is 4. The van der Waals surface area contributed by atoms with Gasteiger partial charge in [0.2, 0.25) is 5.91 Å². The molecule has 1 heterocycles. The highest BCUT2D eigenvalue weighted by Gasteiger charge is 2.10. The minimum atomic E-state index is -0.217. The van der Waals surface area contributed by atoms with Gasteiger partial charge < -0.3 is 14.8 Å². The van der Waals surface area contributed by atoms with Crippen molar-refractivity contribution in [3.05, 3.63) is 41.2 Å². The zero-order valence-corrected chi connectivity index (χ0v) is 14.0. The number of aryl methyl sites for hydroxylation is 2. The third-order valence-electron chi connectivity index (χ3n) is 3.56.